The van der Waals surface area contributed by atoms with Crippen molar-refractivity contribution in [3.05, 3.63) is 47.8 Å². The summed E-state index contributed by atoms with van der Waals surface area (Å²) in [5.74, 6) is 1.08. The van der Waals surface area contributed by atoms with Gasteiger partial charge in [0.1, 0.15) is 0 Å². The number of aryl methyl sites for hydroxylation is 2. The predicted molar refractivity (Wildman–Crippen MR) is 86.3 cm³/mol. The van der Waals surface area contributed by atoms with Gasteiger partial charge < -0.3 is 5.32 Å². The van der Waals surface area contributed by atoms with Crippen molar-refractivity contribution >= 4 is 11.8 Å². The zero-order chi connectivity index (χ0) is 14.4. The lowest BCUT2D eigenvalue weighted by molar-refractivity contribution is 0.572. The third-order valence-corrected chi connectivity index (χ3v) is 4.60. The predicted octanol–water partition coefficient (Wildman–Crippen LogP) is 3.04. The number of thioether (sulfide) groups is 1. The fraction of sp³-hybridized carbons (Fsp3) is 0.438. The van der Waals surface area contributed by atoms with Gasteiger partial charge in [0.15, 0.2) is 0 Å². The highest BCUT2D eigenvalue weighted by Crippen LogP contribution is 2.23. The molecular weight excluding hydrogens is 266 g/mol. The van der Waals surface area contributed by atoms with Crippen molar-refractivity contribution in [2.24, 2.45) is 7.05 Å². The zero-order valence-electron chi connectivity index (χ0n) is 12.5. The second-order valence-electron chi connectivity index (χ2n) is 5.06. The normalized spacial score (nSPS) is 12.6. The minimum atomic E-state index is 0.480. The van der Waals surface area contributed by atoms with Crippen LogP contribution < -0.4 is 5.32 Å². The van der Waals surface area contributed by atoms with Crippen molar-refractivity contribution < 1.29 is 0 Å². The van der Waals surface area contributed by atoms with Crippen LogP contribution in [0.2, 0.25) is 0 Å². The van der Waals surface area contributed by atoms with Gasteiger partial charge in [0.2, 0.25) is 0 Å². The molecule has 0 radical (unpaired) electrons. The SMILES string of the molecule is CCNC(CSc1ccccc1C)Cc1cnn(C)c1. The first-order valence-electron chi connectivity index (χ1n) is 7.08. The fourth-order valence-corrected chi connectivity index (χ4v) is 3.34. The number of nitrogens with zero attached hydrogens (tertiary/aromatic N) is 2. The minimum absolute atomic E-state index is 0.480. The minimum Gasteiger partial charge on any atom is -0.313 e. The molecule has 0 bridgehead atoms. The quantitative estimate of drug-likeness (QED) is 0.795. The highest BCUT2D eigenvalue weighted by molar-refractivity contribution is 7.99. The Balaban J connectivity index is 1.94. The molecule has 20 heavy (non-hydrogen) atoms. The highest BCUT2D eigenvalue weighted by atomic mass is 32.2. The van der Waals surface area contributed by atoms with Gasteiger partial charge in [0.05, 0.1) is 6.20 Å². The van der Waals surface area contributed by atoms with Crippen LogP contribution in [0.4, 0.5) is 0 Å². The summed E-state index contributed by atoms with van der Waals surface area (Å²) in [4.78, 5) is 1.38. The number of nitrogens with one attached hydrogen (secondary N) is 1. The molecule has 0 spiro atoms. The van der Waals surface area contributed by atoms with Gasteiger partial charge in [0, 0.05) is 29.9 Å². The zero-order valence-corrected chi connectivity index (χ0v) is 13.3. The molecule has 1 unspecified atom stereocenters. The Hall–Kier alpha value is -1.26. The van der Waals surface area contributed by atoms with Gasteiger partial charge in [-0.15, -0.1) is 11.8 Å². The van der Waals surface area contributed by atoms with Crippen LogP contribution in [-0.4, -0.2) is 28.1 Å². The summed E-state index contributed by atoms with van der Waals surface area (Å²) >= 11 is 1.93. The van der Waals surface area contributed by atoms with E-state index < -0.39 is 0 Å². The van der Waals surface area contributed by atoms with Crippen molar-refractivity contribution in [1.29, 1.82) is 0 Å². The average molecular weight is 289 g/mol. The lowest BCUT2D eigenvalue weighted by atomic mass is 10.1. The molecule has 4 heteroatoms. The van der Waals surface area contributed by atoms with E-state index in [-0.39, 0.29) is 0 Å². The summed E-state index contributed by atoms with van der Waals surface area (Å²) in [7, 11) is 1.97. The van der Waals surface area contributed by atoms with Gasteiger partial charge in [-0.1, -0.05) is 25.1 Å². The summed E-state index contributed by atoms with van der Waals surface area (Å²) in [5, 5.41) is 7.82. The molecule has 0 aliphatic heterocycles. The average Bonchev–Trinajstić information content (AvgIpc) is 2.83. The van der Waals surface area contributed by atoms with E-state index in [2.05, 4.69) is 54.7 Å². The largest absolute Gasteiger partial charge is 0.313 e. The Labute approximate surface area is 125 Å². The van der Waals surface area contributed by atoms with Gasteiger partial charge in [-0.3, -0.25) is 4.68 Å². The highest BCUT2D eigenvalue weighted by Gasteiger charge is 2.11. The maximum absolute atomic E-state index is 4.24. The summed E-state index contributed by atoms with van der Waals surface area (Å²) in [6.45, 7) is 5.33. The van der Waals surface area contributed by atoms with E-state index in [0.29, 0.717) is 6.04 Å². The van der Waals surface area contributed by atoms with Gasteiger partial charge in [0.25, 0.3) is 0 Å². The Bertz CT molecular complexity index is 536. The first-order valence-corrected chi connectivity index (χ1v) is 8.07. The first-order chi connectivity index (χ1) is 9.69. The number of aromatic nitrogens is 2. The molecule has 0 saturated heterocycles. The van der Waals surface area contributed by atoms with Crippen LogP contribution in [0.25, 0.3) is 0 Å². The lowest BCUT2D eigenvalue weighted by Gasteiger charge is -2.17. The van der Waals surface area contributed by atoms with Crippen LogP contribution >= 0.6 is 11.8 Å². The second-order valence-corrected chi connectivity index (χ2v) is 6.12. The number of rotatable bonds is 7. The van der Waals surface area contributed by atoms with Crippen LogP contribution in [0.5, 0.6) is 0 Å². The standard InChI is InChI=1S/C16H23N3S/c1-4-17-15(9-14-10-18-19(3)11-14)12-20-16-8-6-5-7-13(16)2/h5-8,10-11,15,17H,4,9,12H2,1-3H3. The van der Waals surface area contributed by atoms with E-state index in [9.17, 15) is 0 Å². The van der Waals surface area contributed by atoms with Crippen molar-refractivity contribution in [1.82, 2.24) is 15.1 Å². The Kier molecular flexibility index (Phi) is 5.68. The van der Waals surface area contributed by atoms with E-state index in [1.165, 1.54) is 16.0 Å². The molecule has 1 N–H and O–H groups in total. The van der Waals surface area contributed by atoms with E-state index in [0.717, 1.165) is 18.7 Å². The number of hydrogen-bond donors (Lipinski definition) is 1. The van der Waals surface area contributed by atoms with Crippen LogP contribution in [0.3, 0.4) is 0 Å². The van der Waals surface area contributed by atoms with Crippen molar-refractivity contribution in [2.75, 3.05) is 12.3 Å². The van der Waals surface area contributed by atoms with Gasteiger partial charge in [-0.2, -0.15) is 5.10 Å². The maximum Gasteiger partial charge on any atom is 0.0522 e. The molecule has 1 aromatic heterocycles. The van der Waals surface area contributed by atoms with Crippen LogP contribution in [0, 0.1) is 6.92 Å². The van der Waals surface area contributed by atoms with Gasteiger partial charge >= 0.3 is 0 Å². The maximum atomic E-state index is 4.24. The third-order valence-electron chi connectivity index (χ3n) is 3.27. The van der Waals surface area contributed by atoms with Crippen molar-refractivity contribution in [3.63, 3.8) is 0 Å². The molecule has 2 aromatic rings. The summed E-state index contributed by atoms with van der Waals surface area (Å²) in [6.07, 6.45) is 5.09. The van der Waals surface area contributed by atoms with E-state index >= 15 is 0 Å². The number of benzene rings is 1. The van der Waals surface area contributed by atoms with E-state index in [1.807, 2.05) is 29.7 Å². The molecule has 1 aromatic carbocycles. The second kappa shape index (κ2) is 7.50. The Morgan fingerprint density at radius 1 is 1.35 bits per heavy atom. The van der Waals surface area contributed by atoms with Gasteiger partial charge in [-0.25, -0.2) is 0 Å². The lowest BCUT2D eigenvalue weighted by Crippen LogP contribution is -2.33. The molecule has 3 nitrogen and oxygen atoms in total. The van der Waals surface area contributed by atoms with Crippen LogP contribution in [-0.2, 0) is 13.5 Å². The molecular formula is C16H23N3S. The van der Waals surface area contributed by atoms with Crippen molar-refractivity contribution in [2.45, 2.75) is 31.2 Å². The molecule has 0 amide bonds. The molecule has 2 rings (SSSR count). The first kappa shape index (κ1) is 15.1. The fourth-order valence-electron chi connectivity index (χ4n) is 2.25. The summed E-state index contributed by atoms with van der Waals surface area (Å²) in [6, 6.07) is 9.06. The molecule has 108 valence electrons. The number of likely N-dealkylation sites (N-methyl/N-ethyl adjacent to an activating group) is 1. The van der Waals surface area contributed by atoms with Crippen LogP contribution in [0.15, 0.2) is 41.6 Å². The molecule has 0 saturated carbocycles. The van der Waals surface area contributed by atoms with Crippen LogP contribution in [0.1, 0.15) is 18.1 Å². The third kappa shape index (κ3) is 4.39. The van der Waals surface area contributed by atoms with E-state index in [4.69, 9.17) is 0 Å². The molecule has 1 heterocycles. The topological polar surface area (TPSA) is 29.9 Å². The molecule has 0 aliphatic rings. The Morgan fingerprint density at radius 2 is 2.15 bits per heavy atom. The van der Waals surface area contributed by atoms with Gasteiger partial charge in [-0.05, 0) is 37.1 Å². The Morgan fingerprint density at radius 3 is 2.80 bits per heavy atom. The molecule has 0 aliphatic carbocycles. The smallest absolute Gasteiger partial charge is 0.0522 e. The monoisotopic (exact) mass is 289 g/mol. The molecule has 0 fully saturated rings. The summed E-state index contributed by atoms with van der Waals surface area (Å²) < 4.78 is 1.87. The summed E-state index contributed by atoms with van der Waals surface area (Å²) in [5.41, 5.74) is 2.65. The number of hydrogen-bond acceptors (Lipinski definition) is 3. The molecule has 1 atom stereocenters. The van der Waals surface area contributed by atoms with Crippen molar-refractivity contribution in [3.8, 4) is 0 Å². The van der Waals surface area contributed by atoms with E-state index in [1.54, 1.807) is 0 Å².